The monoisotopic (exact) mass is 320 g/mol. The fraction of sp³-hybridized carbons (Fsp3) is 0.750. The first-order valence-corrected chi connectivity index (χ1v) is 9.03. The number of esters is 1. The zero-order valence-electron chi connectivity index (χ0n) is 15.1. The molecule has 0 aromatic rings. The highest BCUT2D eigenvalue weighted by molar-refractivity contribution is 5.73. The van der Waals surface area contributed by atoms with E-state index in [0.29, 0.717) is 12.3 Å². The lowest BCUT2D eigenvalue weighted by Gasteiger charge is -2.40. The number of carbonyl (C=O) groups excluding carboxylic acids is 1. The van der Waals surface area contributed by atoms with Gasteiger partial charge < -0.3 is 9.84 Å². The van der Waals surface area contributed by atoms with Crippen LogP contribution in [0.3, 0.4) is 0 Å². The SMILES string of the molecule is CC1=CCCC(C)(O)C2CC(CCC(C)=CCC1)C(C)C(=O)O2. The predicted octanol–water partition coefficient (Wildman–Crippen LogP) is 4.55. The Morgan fingerprint density at radius 3 is 2.57 bits per heavy atom. The molecule has 23 heavy (non-hydrogen) atoms. The van der Waals surface area contributed by atoms with Crippen LogP contribution in [-0.2, 0) is 9.53 Å². The second kappa shape index (κ2) is 7.65. The second-order valence-electron chi connectivity index (χ2n) is 7.78. The summed E-state index contributed by atoms with van der Waals surface area (Å²) in [6.07, 6.45) is 10.6. The van der Waals surface area contributed by atoms with Gasteiger partial charge in [-0.2, -0.15) is 0 Å². The molecule has 0 saturated carbocycles. The predicted molar refractivity (Wildman–Crippen MR) is 93.0 cm³/mol. The Balaban J connectivity index is 2.19. The molecule has 2 bridgehead atoms. The number of allylic oxidation sites excluding steroid dienone is 4. The van der Waals surface area contributed by atoms with Gasteiger partial charge in [0.15, 0.2) is 0 Å². The fourth-order valence-electron chi connectivity index (χ4n) is 3.65. The molecule has 2 rings (SSSR count). The van der Waals surface area contributed by atoms with E-state index in [1.807, 2.05) is 13.8 Å². The Morgan fingerprint density at radius 1 is 1.17 bits per heavy atom. The van der Waals surface area contributed by atoms with Crippen molar-refractivity contribution in [2.24, 2.45) is 11.8 Å². The van der Waals surface area contributed by atoms with Crippen molar-refractivity contribution in [1.82, 2.24) is 0 Å². The highest BCUT2D eigenvalue weighted by atomic mass is 16.6. The number of rotatable bonds is 0. The van der Waals surface area contributed by atoms with Gasteiger partial charge in [0.1, 0.15) is 6.10 Å². The van der Waals surface area contributed by atoms with Gasteiger partial charge in [0.2, 0.25) is 0 Å². The Bertz CT molecular complexity index is 487. The number of hydrogen-bond donors (Lipinski definition) is 1. The molecule has 2 aliphatic rings. The zero-order valence-corrected chi connectivity index (χ0v) is 15.1. The minimum Gasteiger partial charge on any atom is -0.459 e. The third kappa shape index (κ3) is 4.94. The van der Waals surface area contributed by atoms with Crippen molar-refractivity contribution in [3.05, 3.63) is 23.3 Å². The van der Waals surface area contributed by atoms with Gasteiger partial charge in [0.25, 0.3) is 0 Å². The van der Waals surface area contributed by atoms with E-state index in [1.54, 1.807) is 0 Å². The second-order valence-corrected chi connectivity index (χ2v) is 7.78. The standard InChI is InChI=1S/C20H32O3/c1-14-7-5-8-15(2)10-11-17-13-18(23-19(21)16(17)3)20(4,22)12-6-9-14/h8-9,16-18,22H,5-7,10-13H2,1-4H3. The molecule has 130 valence electrons. The summed E-state index contributed by atoms with van der Waals surface area (Å²) in [6, 6.07) is 0. The summed E-state index contributed by atoms with van der Waals surface area (Å²) in [5, 5.41) is 10.8. The quantitative estimate of drug-likeness (QED) is 0.526. The van der Waals surface area contributed by atoms with Crippen molar-refractivity contribution in [1.29, 1.82) is 0 Å². The van der Waals surface area contributed by atoms with E-state index in [9.17, 15) is 9.90 Å². The summed E-state index contributed by atoms with van der Waals surface area (Å²) in [4.78, 5) is 12.2. The van der Waals surface area contributed by atoms with Crippen molar-refractivity contribution < 1.29 is 14.6 Å². The number of carbonyl (C=O) groups is 1. The van der Waals surface area contributed by atoms with Crippen LogP contribution in [-0.4, -0.2) is 22.8 Å². The lowest BCUT2D eigenvalue weighted by atomic mass is 9.77. The number of fused-ring (bicyclic) bond motifs is 2. The van der Waals surface area contributed by atoms with Gasteiger partial charge in [-0.3, -0.25) is 4.79 Å². The number of aliphatic hydroxyl groups is 1. The van der Waals surface area contributed by atoms with Crippen LogP contribution in [0.1, 0.15) is 72.6 Å². The van der Waals surface area contributed by atoms with Crippen LogP contribution in [0.4, 0.5) is 0 Å². The van der Waals surface area contributed by atoms with E-state index in [1.165, 1.54) is 11.1 Å². The summed E-state index contributed by atoms with van der Waals surface area (Å²) in [6.45, 7) is 8.12. The first-order chi connectivity index (χ1) is 10.8. The first-order valence-electron chi connectivity index (χ1n) is 9.03. The van der Waals surface area contributed by atoms with E-state index < -0.39 is 5.60 Å². The van der Waals surface area contributed by atoms with Crippen molar-refractivity contribution in [2.75, 3.05) is 0 Å². The minimum atomic E-state index is -0.945. The van der Waals surface area contributed by atoms with E-state index in [4.69, 9.17) is 4.74 Å². The Labute approximate surface area is 140 Å². The molecule has 1 heterocycles. The van der Waals surface area contributed by atoms with Gasteiger partial charge in [-0.1, -0.05) is 30.2 Å². The Hall–Kier alpha value is -1.09. The van der Waals surface area contributed by atoms with Crippen LogP contribution in [0.2, 0.25) is 0 Å². The molecule has 0 aromatic heterocycles. The third-order valence-corrected chi connectivity index (χ3v) is 5.63. The highest BCUT2D eigenvalue weighted by Crippen LogP contribution is 2.37. The molecule has 1 aliphatic carbocycles. The largest absolute Gasteiger partial charge is 0.459 e. The lowest BCUT2D eigenvalue weighted by Crippen LogP contribution is -2.49. The van der Waals surface area contributed by atoms with Crippen molar-refractivity contribution >= 4 is 5.97 Å². The molecule has 3 heteroatoms. The van der Waals surface area contributed by atoms with Gasteiger partial charge >= 0.3 is 5.97 Å². The third-order valence-electron chi connectivity index (χ3n) is 5.63. The molecule has 4 unspecified atom stereocenters. The van der Waals surface area contributed by atoms with Crippen LogP contribution in [0.25, 0.3) is 0 Å². The molecule has 1 N–H and O–H groups in total. The van der Waals surface area contributed by atoms with Crippen molar-refractivity contribution in [3.8, 4) is 0 Å². The normalized spacial score (nSPS) is 37.3. The fourth-order valence-corrected chi connectivity index (χ4v) is 3.65. The molecule has 1 fully saturated rings. The van der Waals surface area contributed by atoms with Crippen LogP contribution in [0, 0.1) is 11.8 Å². The lowest BCUT2D eigenvalue weighted by molar-refractivity contribution is -0.184. The van der Waals surface area contributed by atoms with Crippen LogP contribution >= 0.6 is 0 Å². The summed E-state index contributed by atoms with van der Waals surface area (Å²) in [5.74, 6) is 0.0909. The maximum atomic E-state index is 12.2. The molecule has 1 aliphatic heterocycles. The van der Waals surface area contributed by atoms with Crippen LogP contribution in [0.5, 0.6) is 0 Å². The molecule has 1 saturated heterocycles. The molecule has 0 radical (unpaired) electrons. The topological polar surface area (TPSA) is 46.5 Å². The molecule has 4 atom stereocenters. The maximum absolute atomic E-state index is 12.2. The number of hydrogen-bond acceptors (Lipinski definition) is 3. The molecule has 0 spiro atoms. The van der Waals surface area contributed by atoms with Crippen LogP contribution in [0.15, 0.2) is 23.3 Å². The van der Waals surface area contributed by atoms with Crippen molar-refractivity contribution in [2.45, 2.75) is 84.3 Å². The van der Waals surface area contributed by atoms with Gasteiger partial charge in [-0.05, 0) is 71.6 Å². The molecule has 3 nitrogen and oxygen atoms in total. The molecule has 0 amide bonds. The van der Waals surface area contributed by atoms with E-state index in [0.717, 1.165) is 38.5 Å². The van der Waals surface area contributed by atoms with Crippen molar-refractivity contribution in [3.63, 3.8) is 0 Å². The minimum absolute atomic E-state index is 0.0649. The summed E-state index contributed by atoms with van der Waals surface area (Å²) in [7, 11) is 0. The van der Waals surface area contributed by atoms with Crippen LogP contribution < -0.4 is 0 Å². The zero-order chi connectivity index (χ0) is 17.0. The summed E-state index contributed by atoms with van der Waals surface area (Å²) in [5.41, 5.74) is 1.83. The summed E-state index contributed by atoms with van der Waals surface area (Å²) < 4.78 is 5.57. The van der Waals surface area contributed by atoms with E-state index in [-0.39, 0.29) is 18.0 Å². The molecule has 0 aromatic carbocycles. The average Bonchev–Trinajstić information content (AvgIpc) is 2.47. The van der Waals surface area contributed by atoms with Gasteiger partial charge in [0, 0.05) is 0 Å². The molecular formula is C20H32O3. The Kier molecular flexibility index (Phi) is 6.07. The smallest absolute Gasteiger partial charge is 0.309 e. The average molecular weight is 320 g/mol. The van der Waals surface area contributed by atoms with Gasteiger partial charge in [0.05, 0.1) is 11.5 Å². The molecular weight excluding hydrogens is 288 g/mol. The number of ether oxygens (including phenoxy) is 1. The highest BCUT2D eigenvalue weighted by Gasteiger charge is 2.43. The van der Waals surface area contributed by atoms with Gasteiger partial charge in [-0.25, -0.2) is 0 Å². The van der Waals surface area contributed by atoms with E-state index >= 15 is 0 Å². The summed E-state index contributed by atoms with van der Waals surface area (Å²) >= 11 is 0. The maximum Gasteiger partial charge on any atom is 0.309 e. The van der Waals surface area contributed by atoms with Gasteiger partial charge in [-0.15, -0.1) is 0 Å². The van der Waals surface area contributed by atoms with E-state index in [2.05, 4.69) is 26.0 Å². The Morgan fingerprint density at radius 2 is 1.83 bits per heavy atom. The first kappa shape index (κ1) is 18.3.